The van der Waals surface area contributed by atoms with Crippen LogP contribution in [0.25, 0.3) is 0 Å². The minimum absolute atomic E-state index is 0.0796. The number of hydrogen-bond donors (Lipinski definition) is 2. The average Bonchev–Trinajstić information content (AvgIpc) is 2.91. The van der Waals surface area contributed by atoms with Gasteiger partial charge < -0.3 is 9.84 Å². The van der Waals surface area contributed by atoms with Crippen LogP contribution in [-0.2, 0) is 23.1 Å². The normalized spacial score (nSPS) is 11.6. The van der Waals surface area contributed by atoms with Gasteiger partial charge in [0.15, 0.2) is 5.76 Å². The van der Waals surface area contributed by atoms with Gasteiger partial charge in [-0.3, -0.25) is 0 Å². The van der Waals surface area contributed by atoms with E-state index in [1.807, 2.05) is 6.07 Å². The number of hydrogen-bond acceptors (Lipinski definition) is 5. The molecule has 7 heteroatoms. The van der Waals surface area contributed by atoms with Gasteiger partial charge in [-0.05, 0) is 18.7 Å². The highest BCUT2D eigenvalue weighted by atomic mass is 32.2. The molecule has 0 aliphatic rings. The van der Waals surface area contributed by atoms with Crippen LogP contribution in [-0.4, -0.2) is 20.6 Å². The molecular weight excluding hydrogens is 266 g/mol. The standard InChI is InChI=1S/C12H15N3O3S/c1-13-8-10-4-2-3-5-12(10)19(16,17)15-9-11-6-7-14-18-11/h2-7,13,15H,8-9H2,1H3. The molecule has 0 aliphatic carbocycles. The smallest absolute Gasteiger partial charge is 0.241 e. The molecule has 2 N–H and O–H groups in total. The average molecular weight is 281 g/mol. The Balaban J connectivity index is 2.19. The van der Waals surface area contributed by atoms with Crippen molar-refractivity contribution in [3.63, 3.8) is 0 Å². The van der Waals surface area contributed by atoms with Crippen LogP contribution in [0.15, 0.2) is 45.9 Å². The van der Waals surface area contributed by atoms with Crippen molar-refractivity contribution in [3.05, 3.63) is 47.9 Å². The summed E-state index contributed by atoms with van der Waals surface area (Å²) < 4.78 is 31.8. The molecule has 102 valence electrons. The fourth-order valence-corrected chi connectivity index (χ4v) is 2.91. The van der Waals surface area contributed by atoms with E-state index >= 15 is 0 Å². The fourth-order valence-electron chi connectivity index (χ4n) is 1.68. The van der Waals surface area contributed by atoms with Crippen LogP contribution in [0.4, 0.5) is 0 Å². The molecule has 2 rings (SSSR count). The lowest BCUT2D eigenvalue weighted by Crippen LogP contribution is -2.25. The maximum atomic E-state index is 12.2. The molecule has 0 fully saturated rings. The Morgan fingerprint density at radius 1 is 1.21 bits per heavy atom. The third-order valence-electron chi connectivity index (χ3n) is 2.56. The highest BCUT2D eigenvalue weighted by molar-refractivity contribution is 7.89. The van der Waals surface area contributed by atoms with Gasteiger partial charge in [-0.1, -0.05) is 23.4 Å². The molecule has 0 bridgehead atoms. The number of nitrogens with zero attached hydrogens (tertiary/aromatic N) is 1. The number of rotatable bonds is 6. The molecule has 0 atom stereocenters. The Bertz CT molecular complexity index is 623. The summed E-state index contributed by atoms with van der Waals surface area (Å²) in [5, 5.41) is 6.47. The Labute approximate surface area is 111 Å². The predicted molar refractivity (Wildman–Crippen MR) is 69.7 cm³/mol. The summed E-state index contributed by atoms with van der Waals surface area (Å²) >= 11 is 0. The first-order valence-corrected chi connectivity index (χ1v) is 7.23. The SMILES string of the molecule is CNCc1ccccc1S(=O)(=O)NCc1ccno1. The van der Waals surface area contributed by atoms with Crippen LogP contribution in [0, 0.1) is 0 Å². The van der Waals surface area contributed by atoms with E-state index in [0.29, 0.717) is 12.3 Å². The van der Waals surface area contributed by atoms with Gasteiger partial charge >= 0.3 is 0 Å². The minimum atomic E-state index is -3.57. The zero-order valence-corrected chi connectivity index (χ0v) is 11.3. The lowest BCUT2D eigenvalue weighted by atomic mass is 10.2. The second kappa shape index (κ2) is 5.96. The largest absolute Gasteiger partial charge is 0.360 e. The lowest BCUT2D eigenvalue weighted by molar-refractivity contribution is 0.380. The van der Waals surface area contributed by atoms with Gasteiger partial charge in [0.1, 0.15) is 0 Å². The van der Waals surface area contributed by atoms with E-state index in [1.54, 1.807) is 31.3 Å². The van der Waals surface area contributed by atoms with Gasteiger partial charge in [0, 0.05) is 12.6 Å². The molecule has 1 aromatic carbocycles. The van der Waals surface area contributed by atoms with E-state index in [4.69, 9.17) is 4.52 Å². The van der Waals surface area contributed by atoms with Gasteiger partial charge in [0.2, 0.25) is 10.0 Å². The first-order chi connectivity index (χ1) is 9.13. The molecule has 19 heavy (non-hydrogen) atoms. The Morgan fingerprint density at radius 2 is 2.00 bits per heavy atom. The van der Waals surface area contributed by atoms with Crippen molar-refractivity contribution in [1.29, 1.82) is 0 Å². The summed E-state index contributed by atoms with van der Waals surface area (Å²) in [5.41, 5.74) is 0.718. The molecule has 0 saturated carbocycles. The van der Waals surface area contributed by atoms with Crippen molar-refractivity contribution >= 4 is 10.0 Å². The van der Waals surface area contributed by atoms with Gasteiger partial charge in [-0.25, -0.2) is 13.1 Å². The minimum Gasteiger partial charge on any atom is -0.360 e. The zero-order valence-electron chi connectivity index (χ0n) is 10.5. The van der Waals surface area contributed by atoms with E-state index in [-0.39, 0.29) is 11.4 Å². The van der Waals surface area contributed by atoms with Crippen molar-refractivity contribution in [2.45, 2.75) is 18.0 Å². The highest BCUT2D eigenvalue weighted by Crippen LogP contribution is 2.15. The molecule has 0 radical (unpaired) electrons. The molecule has 0 amide bonds. The van der Waals surface area contributed by atoms with E-state index < -0.39 is 10.0 Å². The van der Waals surface area contributed by atoms with Crippen LogP contribution in [0.2, 0.25) is 0 Å². The molecule has 0 spiro atoms. The number of aromatic nitrogens is 1. The van der Waals surface area contributed by atoms with Gasteiger partial charge in [-0.2, -0.15) is 0 Å². The lowest BCUT2D eigenvalue weighted by Gasteiger charge is -2.10. The molecule has 0 aliphatic heterocycles. The third-order valence-corrected chi connectivity index (χ3v) is 4.06. The van der Waals surface area contributed by atoms with Crippen molar-refractivity contribution in [2.24, 2.45) is 0 Å². The molecular formula is C12H15N3O3S. The van der Waals surface area contributed by atoms with E-state index in [0.717, 1.165) is 5.56 Å². The van der Waals surface area contributed by atoms with Crippen LogP contribution < -0.4 is 10.0 Å². The van der Waals surface area contributed by atoms with Gasteiger partial charge in [0.05, 0.1) is 17.6 Å². The van der Waals surface area contributed by atoms with Crippen LogP contribution >= 0.6 is 0 Å². The summed E-state index contributed by atoms with van der Waals surface area (Å²) in [4.78, 5) is 0.267. The maximum absolute atomic E-state index is 12.2. The van der Waals surface area contributed by atoms with Crippen molar-refractivity contribution in [3.8, 4) is 0 Å². The van der Waals surface area contributed by atoms with Gasteiger partial charge in [0.25, 0.3) is 0 Å². The monoisotopic (exact) mass is 281 g/mol. The Hall–Kier alpha value is -1.70. The summed E-state index contributed by atoms with van der Waals surface area (Å²) in [6.45, 7) is 0.565. The molecule has 6 nitrogen and oxygen atoms in total. The summed E-state index contributed by atoms with van der Waals surface area (Å²) in [7, 11) is -1.80. The number of sulfonamides is 1. The summed E-state index contributed by atoms with van der Waals surface area (Å²) in [5.74, 6) is 0.467. The Kier molecular flexibility index (Phi) is 4.31. The van der Waals surface area contributed by atoms with E-state index in [2.05, 4.69) is 15.2 Å². The van der Waals surface area contributed by atoms with Crippen LogP contribution in [0.1, 0.15) is 11.3 Å². The van der Waals surface area contributed by atoms with Crippen molar-refractivity contribution in [2.75, 3.05) is 7.05 Å². The maximum Gasteiger partial charge on any atom is 0.241 e. The number of benzene rings is 1. The first-order valence-electron chi connectivity index (χ1n) is 5.75. The predicted octanol–water partition coefficient (Wildman–Crippen LogP) is 0.872. The molecule has 1 heterocycles. The van der Waals surface area contributed by atoms with Crippen molar-refractivity contribution < 1.29 is 12.9 Å². The fraction of sp³-hybridized carbons (Fsp3) is 0.250. The molecule has 1 aromatic heterocycles. The second-order valence-electron chi connectivity index (χ2n) is 3.94. The van der Waals surface area contributed by atoms with Crippen molar-refractivity contribution in [1.82, 2.24) is 15.2 Å². The topological polar surface area (TPSA) is 84.2 Å². The second-order valence-corrected chi connectivity index (χ2v) is 5.68. The van der Waals surface area contributed by atoms with E-state index in [1.165, 1.54) is 6.20 Å². The van der Waals surface area contributed by atoms with Crippen LogP contribution in [0.5, 0.6) is 0 Å². The zero-order chi connectivity index (χ0) is 13.7. The molecule has 2 aromatic rings. The Morgan fingerprint density at radius 3 is 2.68 bits per heavy atom. The molecule has 0 saturated heterocycles. The third kappa shape index (κ3) is 3.40. The molecule has 0 unspecified atom stereocenters. The highest BCUT2D eigenvalue weighted by Gasteiger charge is 2.17. The van der Waals surface area contributed by atoms with Crippen LogP contribution in [0.3, 0.4) is 0 Å². The quantitative estimate of drug-likeness (QED) is 0.821. The number of nitrogens with one attached hydrogen (secondary N) is 2. The van der Waals surface area contributed by atoms with Gasteiger partial charge in [-0.15, -0.1) is 0 Å². The summed E-state index contributed by atoms with van der Waals surface area (Å²) in [6, 6.07) is 8.47. The van der Waals surface area contributed by atoms with E-state index in [9.17, 15) is 8.42 Å². The summed E-state index contributed by atoms with van der Waals surface area (Å²) in [6.07, 6.45) is 1.47. The first kappa shape index (κ1) is 13.7.